The second-order valence-electron chi connectivity index (χ2n) is 5.64. The Balaban J connectivity index is 2.21. The maximum absolute atomic E-state index is 6.11. The molecule has 2 atom stereocenters. The van der Waals surface area contributed by atoms with Gasteiger partial charge in [-0.25, -0.2) is 0 Å². The SMILES string of the molecule is Cc1cc(Cl)cc(C)c1OC1CC(N)C1(C)C. The largest absolute Gasteiger partial charge is 0.489 e. The van der Waals surface area contributed by atoms with Gasteiger partial charge in [-0.3, -0.25) is 0 Å². The summed E-state index contributed by atoms with van der Waals surface area (Å²) in [5.74, 6) is 0.958. The first-order chi connectivity index (χ1) is 7.82. The zero-order valence-electron chi connectivity index (χ0n) is 10.9. The molecule has 1 aromatic carbocycles. The van der Waals surface area contributed by atoms with E-state index in [1.165, 1.54) is 0 Å². The van der Waals surface area contributed by atoms with Crippen LogP contribution in [0.5, 0.6) is 5.75 Å². The van der Waals surface area contributed by atoms with Gasteiger partial charge in [0.1, 0.15) is 11.9 Å². The van der Waals surface area contributed by atoms with Crippen molar-refractivity contribution in [3.8, 4) is 5.75 Å². The molecule has 0 heterocycles. The fraction of sp³-hybridized carbons (Fsp3) is 0.571. The van der Waals surface area contributed by atoms with Crippen LogP contribution >= 0.6 is 11.6 Å². The second-order valence-corrected chi connectivity index (χ2v) is 6.08. The lowest BCUT2D eigenvalue weighted by atomic mass is 9.65. The molecule has 1 aromatic rings. The molecule has 1 aliphatic rings. The summed E-state index contributed by atoms with van der Waals surface area (Å²) in [6.07, 6.45) is 1.13. The highest BCUT2D eigenvalue weighted by molar-refractivity contribution is 6.30. The van der Waals surface area contributed by atoms with Crippen molar-refractivity contribution in [1.29, 1.82) is 0 Å². The highest BCUT2D eigenvalue weighted by Crippen LogP contribution is 2.43. The molecule has 0 bridgehead atoms. The quantitative estimate of drug-likeness (QED) is 0.876. The van der Waals surface area contributed by atoms with Crippen LogP contribution in [0.4, 0.5) is 0 Å². The number of hydrogen-bond acceptors (Lipinski definition) is 2. The lowest BCUT2D eigenvalue weighted by Crippen LogP contribution is -2.60. The summed E-state index contributed by atoms with van der Waals surface area (Å²) in [7, 11) is 0. The minimum atomic E-state index is 0.0541. The van der Waals surface area contributed by atoms with Gasteiger partial charge in [-0.15, -0.1) is 0 Å². The molecule has 17 heavy (non-hydrogen) atoms. The van der Waals surface area contributed by atoms with Crippen LogP contribution in [0, 0.1) is 19.3 Å². The maximum Gasteiger partial charge on any atom is 0.125 e. The first kappa shape index (κ1) is 12.7. The molecule has 0 saturated heterocycles. The van der Waals surface area contributed by atoms with Crippen molar-refractivity contribution >= 4 is 11.6 Å². The summed E-state index contributed by atoms with van der Waals surface area (Å²) in [5, 5.41) is 0.761. The molecule has 94 valence electrons. The van der Waals surface area contributed by atoms with E-state index in [1.54, 1.807) is 0 Å². The third-order valence-corrected chi connectivity index (χ3v) is 4.16. The van der Waals surface area contributed by atoms with Crippen molar-refractivity contribution in [2.24, 2.45) is 11.1 Å². The average Bonchev–Trinajstić information content (AvgIpc) is 2.21. The Morgan fingerprint density at radius 1 is 1.29 bits per heavy atom. The number of nitrogens with two attached hydrogens (primary N) is 1. The Hall–Kier alpha value is -0.730. The third kappa shape index (κ3) is 2.16. The molecular formula is C14H20ClNO. The summed E-state index contributed by atoms with van der Waals surface area (Å²) in [5.41, 5.74) is 8.23. The smallest absolute Gasteiger partial charge is 0.125 e. The first-order valence-corrected chi connectivity index (χ1v) is 6.39. The monoisotopic (exact) mass is 253 g/mol. The fourth-order valence-corrected chi connectivity index (χ4v) is 2.67. The standard InChI is InChI=1S/C14H20ClNO/c1-8-5-10(15)6-9(2)13(8)17-12-7-11(16)14(12,3)4/h5-6,11-12H,7,16H2,1-4H3. The molecule has 3 heteroatoms. The fourth-order valence-electron chi connectivity index (χ4n) is 2.34. The van der Waals surface area contributed by atoms with E-state index in [4.69, 9.17) is 22.1 Å². The number of hydrogen-bond donors (Lipinski definition) is 1. The molecule has 2 rings (SSSR count). The zero-order valence-corrected chi connectivity index (χ0v) is 11.6. The van der Waals surface area contributed by atoms with E-state index in [-0.39, 0.29) is 17.6 Å². The lowest BCUT2D eigenvalue weighted by molar-refractivity contribution is -0.0406. The Morgan fingerprint density at radius 3 is 2.24 bits per heavy atom. The number of rotatable bonds is 2. The van der Waals surface area contributed by atoms with Gasteiger partial charge >= 0.3 is 0 Å². The molecule has 2 nitrogen and oxygen atoms in total. The predicted octanol–water partition coefficient (Wildman–Crippen LogP) is 3.46. The van der Waals surface area contributed by atoms with Crippen molar-refractivity contribution < 1.29 is 4.74 Å². The molecule has 0 amide bonds. The molecule has 0 radical (unpaired) electrons. The van der Waals surface area contributed by atoms with Gasteiger partial charge < -0.3 is 10.5 Å². The van der Waals surface area contributed by atoms with E-state index in [1.807, 2.05) is 26.0 Å². The molecule has 0 spiro atoms. The van der Waals surface area contributed by atoms with Crippen molar-refractivity contribution in [1.82, 2.24) is 0 Å². The molecule has 0 aliphatic heterocycles. The predicted molar refractivity (Wildman–Crippen MR) is 71.7 cm³/mol. The van der Waals surface area contributed by atoms with Crippen LogP contribution < -0.4 is 10.5 Å². The van der Waals surface area contributed by atoms with Crippen LogP contribution in [-0.2, 0) is 0 Å². The van der Waals surface area contributed by atoms with Crippen molar-refractivity contribution in [2.75, 3.05) is 0 Å². The van der Waals surface area contributed by atoms with Gasteiger partial charge in [0.25, 0.3) is 0 Å². The number of ether oxygens (including phenoxy) is 1. The second kappa shape index (κ2) is 4.18. The van der Waals surface area contributed by atoms with Crippen LogP contribution in [0.1, 0.15) is 31.4 Å². The van der Waals surface area contributed by atoms with Crippen LogP contribution in [0.3, 0.4) is 0 Å². The van der Waals surface area contributed by atoms with Crippen molar-refractivity contribution in [3.63, 3.8) is 0 Å². The summed E-state index contributed by atoms with van der Waals surface area (Å²) < 4.78 is 6.11. The Labute approximate surface area is 108 Å². The van der Waals surface area contributed by atoms with E-state index >= 15 is 0 Å². The van der Waals surface area contributed by atoms with Crippen LogP contribution in [0.25, 0.3) is 0 Å². The molecule has 1 saturated carbocycles. The minimum Gasteiger partial charge on any atom is -0.489 e. The van der Waals surface area contributed by atoms with Crippen LogP contribution in [0.15, 0.2) is 12.1 Å². The number of halogens is 1. The highest BCUT2D eigenvalue weighted by atomic mass is 35.5. The summed E-state index contributed by atoms with van der Waals surface area (Å²) in [4.78, 5) is 0. The van der Waals surface area contributed by atoms with Crippen molar-refractivity contribution in [2.45, 2.75) is 46.3 Å². The average molecular weight is 254 g/mol. The van der Waals surface area contributed by atoms with Crippen LogP contribution in [-0.4, -0.2) is 12.1 Å². The molecule has 1 aliphatic carbocycles. The maximum atomic E-state index is 6.11. The third-order valence-electron chi connectivity index (χ3n) is 3.94. The summed E-state index contributed by atoms with van der Waals surface area (Å²) >= 11 is 6.01. The minimum absolute atomic E-state index is 0.0541. The normalized spacial score (nSPS) is 26.5. The highest BCUT2D eigenvalue weighted by Gasteiger charge is 2.48. The molecule has 2 unspecified atom stereocenters. The molecular weight excluding hydrogens is 234 g/mol. The van der Waals surface area contributed by atoms with Gasteiger partial charge in [-0.1, -0.05) is 25.4 Å². The van der Waals surface area contributed by atoms with E-state index in [0.717, 1.165) is 28.3 Å². The Bertz CT molecular complexity index is 419. The number of benzene rings is 1. The van der Waals surface area contributed by atoms with Crippen molar-refractivity contribution in [3.05, 3.63) is 28.3 Å². The molecule has 1 fully saturated rings. The van der Waals surface area contributed by atoms with Gasteiger partial charge in [0.15, 0.2) is 0 Å². The van der Waals surface area contributed by atoms with Gasteiger partial charge in [0.2, 0.25) is 0 Å². The van der Waals surface area contributed by atoms with Gasteiger partial charge in [-0.2, -0.15) is 0 Å². The molecule has 0 aromatic heterocycles. The van der Waals surface area contributed by atoms with Gasteiger partial charge in [-0.05, 0) is 37.1 Å². The summed E-state index contributed by atoms with van der Waals surface area (Å²) in [6, 6.07) is 4.12. The Kier molecular flexibility index (Phi) is 3.13. The van der Waals surface area contributed by atoms with Gasteiger partial charge in [0, 0.05) is 22.9 Å². The Morgan fingerprint density at radius 2 is 1.82 bits per heavy atom. The zero-order chi connectivity index (χ0) is 12.8. The molecule has 2 N–H and O–H groups in total. The topological polar surface area (TPSA) is 35.2 Å². The van der Waals surface area contributed by atoms with E-state index in [0.29, 0.717) is 0 Å². The number of aryl methyl sites for hydroxylation is 2. The van der Waals surface area contributed by atoms with E-state index in [2.05, 4.69) is 13.8 Å². The van der Waals surface area contributed by atoms with Crippen LogP contribution in [0.2, 0.25) is 5.02 Å². The van der Waals surface area contributed by atoms with Gasteiger partial charge in [0.05, 0.1) is 0 Å². The lowest BCUT2D eigenvalue weighted by Gasteiger charge is -2.49. The summed E-state index contributed by atoms with van der Waals surface area (Å²) in [6.45, 7) is 8.37. The van der Waals surface area contributed by atoms with E-state index in [9.17, 15) is 0 Å². The first-order valence-electron chi connectivity index (χ1n) is 6.01. The van der Waals surface area contributed by atoms with E-state index < -0.39 is 0 Å².